The van der Waals surface area contributed by atoms with Crippen molar-refractivity contribution in [3.05, 3.63) is 53.2 Å². The molecule has 0 saturated heterocycles. The topological polar surface area (TPSA) is 55.1 Å². The lowest BCUT2D eigenvalue weighted by Gasteiger charge is -2.03. The van der Waals surface area contributed by atoms with E-state index >= 15 is 0 Å². The molecule has 2 aromatic rings. The van der Waals surface area contributed by atoms with Gasteiger partial charge >= 0.3 is 0 Å². The molecule has 1 amide bonds. The quantitative estimate of drug-likeness (QED) is 0.897. The van der Waals surface area contributed by atoms with E-state index in [9.17, 15) is 4.79 Å². The molecule has 1 aromatic heterocycles. The van der Waals surface area contributed by atoms with E-state index in [0.717, 1.165) is 6.42 Å². The molecule has 0 atom stereocenters. The zero-order chi connectivity index (χ0) is 13.0. The Morgan fingerprint density at radius 1 is 1.28 bits per heavy atom. The summed E-state index contributed by atoms with van der Waals surface area (Å²) in [4.78, 5) is 15.9. The molecule has 0 bridgehead atoms. The smallest absolute Gasteiger partial charge is 0.289 e. The van der Waals surface area contributed by atoms with Crippen LogP contribution in [0.4, 0.5) is 0 Å². The van der Waals surface area contributed by atoms with Gasteiger partial charge in [0.15, 0.2) is 5.89 Å². The lowest BCUT2D eigenvalue weighted by molar-refractivity contribution is 0.0924. The fraction of sp³-hybridized carbons (Fsp3) is 0.286. The molecular weight excluding hydrogens is 228 g/mol. The summed E-state index contributed by atoms with van der Waals surface area (Å²) in [5.74, 6) is 0.616. The highest BCUT2D eigenvalue weighted by Crippen LogP contribution is 2.08. The maximum Gasteiger partial charge on any atom is 0.289 e. The molecule has 1 aromatic carbocycles. The van der Waals surface area contributed by atoms with Gasteiger partial charge in [0.1, 0.15) is 0 Å². The van der Waals surface area contributed by atoms with Crippen molar-refractivity contribution in [2.45, 2.75) is 20.3 Å². The van der Waals surface area contributed by atoms with Gasteiger partial charge in [0.25, 0.3) is 5.91 Å². The highest BCUT2D eigenvalue weighted by molar-refractivity contribution is 5.92. The monoisotopic (exact) mass is 244 g/mol. The molecule has 94 valence electrons. The lowest BCUT2D eigenvalue weighted by Crippen LogP contribution is -2.25. The molecule has 0 spiro atoms. The number of hydrogen-bond acceptors (Lipinski definition) is 3. The Morgan fingerprint density at radius 2 is 2.00 bits per heavy atom. The second-order valence-corrected chi connectivity index (χ2v) is 4.14. The van der Waals surface area contributed by atoms with Crippen molar-refractivity contribution in [3.8, 4) is 0 Å². The molecule has 0 radical (unpaired) electrons. The number of rotatable bonds is 4. The second-order valence-electron chi connectivity index (χ2n) is 4.14. The molecule has 2 rings (SSSR count). The van der Waals surface area contributed by atoms with E-state index in [1.807, 2.05) is 30.3 Å². The molecule has 0 aliphatic heterocycles. The molecule has 18 heavy (non-hydrogen) atoms. The molecular formula is C14H16N2O2. The zero-order valence-corrected chi connectivity index (χ0v) is 10.6. The Bertz CT molecular complexity index is 532. The van der Waals surface area contributed by atoms with Crippen LogP contribution >= 0.6 is 0 Å². The first-order chi connectivity index (χ1) is 8.66. The van der Waals surface area contributed by atoms with Gasteiger partial charge in [-0.3, -0.25) is 4.79 Å². The van der Waals surface area contributed by atoms with Crippen molar-refractivity contribution in [1.82, 2.24) is 10.3 Å². The minimum atomic E-state index is -0.205. The summed E-state index contributed by atoms with van der Waals surface area (Å²) >= 11 is 0. The first-order valence-electron chi connectivity index (χ1n) is 5.93. The third-order valence-corrected chi connectivity index (χ3v) is 2.65. The van der Waals surface area contributed by atoms with Crippen LogP contribution < -0.4 is 5.32 Å². The Balaban J connectivity index is 1.87. The van der Waals surface area contributed by atoms with E-state index in [4.69, 9.17) is 4.42 Å². The third kappa shape index (κ3) is 2.97. The van der Waals surface area contributed by atoms with Crippen LogP contribution in [0.5, 0.6) is 0 Å². The fourth-order valence-electron chi connectivity index (χ4n) is 1.79. The number of oxazole rings is 1. The van der Waals surface area contributed by atoms with Gasteiger partial charge in [-0.25, -0.2) is 4.98 Å². The highest BCUT2D eigenvalue weighted by Gasteiger charge is 2.14. The number of carbonyl (C=O) groups excluding carboxylic acids is 1. The normalized spacial score (nSPS) is 10.3. The molecule has 0 saturated carbocycles. The summed E-state index contributed by atoms with van der Waals surface area (Å²) in [7, 11) is 0. The van der Waals surface area contributed by atoms with Gasteiger partial charge in [0.05, 0.1) is 5.69 Å². The van der Waals surface area contributed by atoms with Crippen LogP contribution in [0, 0.1) is 13.8 Å². The summed E-state index contributed by atoms with van der Waals surface area (Å²) in [5, 5.41) is 2.83. The first-order valence-corrected chi connectivity index (χ1v) is 5.93. The summed E-state index contributed by atoms with van der Waals surface area (Å²) in [6, 6.07) is 10.0. The number of benzene rings is 1. The van der Waals surface area contributed by atoms with Gasteiger partial charge in [-0.2, -0.15) is 0 Å². The second kappa shape index (κ2) is 5.49. The van der Waals surface area contributed by atoms with Crippen molar-refractivity contribution in [2.24, 2.45) is 0 Å². The molecule has 0 aliphatic carbocycles. The minimum absolute atomic E-state index is 0.205. The summed E-state index contributed by atoms with van der Waals surface area (Å²) in [6.07, 6.45) is 0.804. The molecule has 0 fully saturated rings. The van der Waals surface area contributed by atoms with Crippen LogP contribution in [0.1, 0.15) is 27.7 Å². The fourth-order valence-corrected chi connectivity index (χ4v) is 1.79. The van der Waals surface area contributed by atoms with E-state index in [1.165, 1.54) is 5.56 Å². The van der Waals surface area contributed by atoms with Gasteiger partial charge < -0.3 is 9.73 Å². The number of aryl methyl sites for hydroxylation is 2. The molecule has 1 heterocycles. The van der Waals surface area contributed by atoms with Crippen LogP contribution in [0.15, 0.2) is 34.7 Å². The van der Waals surface area contributed by atoms with Gasteiger partial charge in [0.2, 0.25) is 5.76 Å². The summed E-state index contributed by atoms with van der Waals surface area (Å²) in [5.41, 5.74) is 1.83. The molecule has 4 nitrogen and oxygen atoms in total. The number of aromatic nitrogens is 1. The van der Waals surface area contributed by atoms with E-state index in [0.29, 0.717) is 23.9 Å². The Hall–Kier alpha value is -2.10. The average molecular weight is 244 g/mol. The number of nitrogens with one attached hydrogen (secondary N) is 1. The van der Waals surface area contributed by atoms with Crippen LogP contribution in [0.2, 0.25) is 0 Å². The van der Waals surface area contributed by atoms with Crippen LogP contribution in [0.25, 0.3) is 0 Å². The summed E-state index contributed by atoms with van der Waals surface area (Å²) < 4.78 is 5.26. The van der Waals surface area contributed by atoms with Gasteiger partial charge in [-0.1, -0.05) is 30.3 Å². The standard InChI is InChI=1S/C14H16N2O2/c1-10-13(18-11(2)16-10)14(17)15-9-8-12-6-4-3-5-7-12/h3-7H,8-9H2,1-2H3,(H,15,17). The Labute approximate surface area is 106 Å². The van der Waals surface area contributed by atoms with Gasteiger partial charge in [-0.05, 0) is 18.9 Å². The van der Waals surface area contributed by atoms with Crippen molar-refractivity contribution < 1.29 is 9.21 Å². The number of amides is 1. The average Bonchev–Trinajstić information content (AvgIpc) is 2.70. The lowest BCUT2D eigenvalue weighted by atomic mass is 10.1. The zero-order valence-electron chi connectivity index (χ0n) is 10.6. The molecule has 4 heteroatoms. The van der Waals surface area contributed by atoms with Crippen molar-refractivity contribution in [1.29, 1.82) is 0 Å². The van der Waals surface area contributed by atoms with E-state index in [1.54, 1.807) is 13.8 Å². The maximum atomic E-state index is 11.8. The van der Waals surface area contributed by atoms with E-state index < -0.39 is 0 Å². The Morgan fingerprint density at radius 3 is 2.61 bits per heavy atom. The predicted molar refractivity (Wildman–Crippen MR) is 68.5 cm³/mol. The van der Waals surface area contributed by atoms with Crippen LogP contribution in [-0.2, 0) is 6.42 Å². The molecule has 0 aliphatic rings. The van der Waals surface area contributed by atoms with E-state index in [2.05, 4.69) is 10.3 Å². The molecule has 0 unspecified atom stereocenters. The largest absolute Gasteiger partial charge is 0.436 e. The first kappa shape index (κ1) is 12.4. The Kier molecular flexibility index (Phi) is 3.77. The number of carbonyl (C=O) groups is 1. The maximum absolute atomic E-state index is 11.8. The van der Waals surface area contributed by atoms with Crippen molar-refractivity contribution in [2.75, 3.05) is 6.54 Å². The predicted octanol–water partition coefficient (Wildman–Crippen LogP) is 2.26. The van der Waals surface area contributed by atoms with Crippen LogP contribution in [0.3, 0.4) is 0 Å². The molecule has 1 N–H and O–H groups in total. The number of nitrogens with zero attached hydrogens (tertiary/aromatic N) is 1. The minimum Gasteiger partial charge on any atom is -0.436 e. The highest BCUT2D eigenvalue weighted by atomic mass is 16.4. The van der Waals surface area contributed by atoms with Gasteiger partial charge in [-0.15, -0.1) is 0 Å². The van der Waals surface area contributed by atoms with Gasteiger partial charge in [0, 0.05) is 13.5 Å². The number of hydrogen-bond donors (Lipinski definition) is 1. The van der Waals surface area contributed by atoms with E-state index in [-0.39, 0.29) is 5.91 Å². The summed E-state index contributed by atoms with van der Waals surface area (Å²) in [6.45, 7) is 4.08. The van der Waals surface area contributed by atoms with Crippen LogP contribution in [-0.4, -0.2) is 17.4 Å². The third-order valence-electron chi connectivity index (χ3n) is 2.65. The SMILES string of the molecule is Cc1nc(C)c(C(=O)NCCc2ccccc2)o1. The van der Waals surface area contributed by atoms with Crippen molar-refractivity contribution in [3.63, 3.8) is 0 Å². The van der Waals surface area contributed by atoms with Crippen molar-refractivity contribution >= 4 is 5.91 Å².